The van der Waals surface area contributed by atoms with Gasteiger partial charge in [-0.25, -0.2) is 9.78 Å². The lowest BCUT2D eigenvalue weighted by molar-refractivity contribution is 0.154. The van der Waals surface area contributed by atoms with Crippen molar-refractivity contribution in [2.75, 3.05) is 33.0 Å². The maximum Gasteiger partial charge on any atom is 0.407 e. The fourth-order valence-corrected chi connectivity index (χ4v) is 5.26. The standard InChI is InChI=1S/C25H28BrN5O4/c1-25(2,3)22-20(26)21-19(23(27)28-22)18(29-31(21)15-8-9-30(13-15)24(32)33)7-6-14-10-16(34-4)12-17(11-14)35-5/h10-12,15H,8-9,13H2,1-5H3,(H2,27,28)(H,32,33)/t15-/m0/s1. The normalized spacial score (nSPS) is 15.7. The molecule has 1 saturated heterocycles. The average molecular weight is 542 g/mol. The van der Waals surface area contributed by atoms with Gasteiger partial charge in [-0.15, -0.1) is 0 Å². The van der Waals surface area contributed by atoms with E-state index in [2.05, 4.69) is 48.5 Å². The second kappa shape index (κ2) is 9.30. The van der Waals surface area contributed by atoms with Gasteiger partial charge in [-0.2, -0.15) is 5.10 Å². The molecular formula is C25H28BrN5O4. The molecule has 0 aliphatic carbocycles. The van der Waals surface area contributed by atoms with Crippen LogP contribution < -0.4 is 15.2 Å². The van der Waals surface area contributed by atoms with E-state index < -0.39 is 6.09 Å². The topological polar surface area (TPSA) is 116 Å². The van der Waals surface area contributed by atoms with Crippen molar-refractivity contribution in [3.8, 4) is 23.3 Å². The molecule has 3 aromatic rings. The number of methoxy groups -OCH3 is 2. The van der Waals surface area contributed by atoms with Crippen LogP contribution in [0.1, 0.15) is 50.2 Å². The number of fused-ring (bicyclic) bond motifs is 1. The largest absolute Gasteiger partial charge is 0.497 e. The van der Waals surface area contributed by atoms with E-state index in [-0.39, 0.29) is 11.5 Å². The summed E-state index contributed by atoms with van der Waals surface area (Å²) in [4.78, 5) is 17.6. The van der Waals surface area contributed by atoms with Crippen LogP contribution in [-0.2, 0) is 5.41 Å². The molecule has 184 valence electrons. The Balaban J connectivity index is 1.91. The van der Waals surface area contributed by atoms with Gasteiger partial charge in [0.25, 0.3) is 0 Å². The molecule has 1 amide bonds. The number of rotatable bonds is 3. The molecule has 0 radical (unpaired) electrons. The molecule has 2 aromatic heterocycles. The summed E-state index contributed by atoms with van der Waals surface area (Å²) in [6.45, 7) is 6.96. The number of ether oxygens (including phenoxy) is 2. The summed E-state index contributed by atoms with van der Waals surface area (Å²) in [6.07, 6.45) is -0.297. The maximum absolute atomic E-state index is 11.5. The number of hydrogen-bond acceptors (Lipinski definition) is 6. The first-order valence-electron chi connectivity index (χ1n) is 11.1. The van der Waals surface area contributed by atoms with Gasteiger partial charge in [0, 0.05) is 30.1 Å². The Labute approximate surface area is 212 Å². The zero-order valence-corrected chi connectivity index (χ0v) is 21.9. The molecule has 35 heavy (non-hydrogen) atoms. The lowest BCUT2D eigenvalue weighted by Gasteiger charge is -2.22. The number of pyridine rings is 1. The minimum atomic E-state index is -0.938. The Morgan fingerprint density at radius 2 is 1.86 bits per heavy atom. The van der Waals surface area contributed by atoms with Gasteiger partial charge in [0.2, 0.25) is 0 Å². The number of anilines is 1. The predicted molar refractivity (Wildman–Crippen MR) is 137 cm³/mol. The van der Waals surface area contributed by atoms with Gasteiger partial charge in [0.15, 0.2) is 0 Å². The zero-order valence-electron chi connectivity index (χ0n) is 20.3. The van der Waals surface area contributed by atoms with Gasteiger partial charge in [0.1, 0.15) is 23.0 Å². The van der Waals surface area contributed by atoms with Crippen molar-refractivity contribution in [3.05, 3.63) is 39.6 Å². The van der Waals surface area contributed by atoms with Crippen molar-refractivity contribution in [2.24, 2.45) is 0 Å². The SMILES string of the molecule is COc1cc(C#Cc2nn([C@H]3CCN(C(=O)O)C3)c3c(Br)c(C(C)(C)C)nc(N)c23)cc(OC)c1. The lowest BCUT2D eigenvalue weighted by Crippen LogP contribution is -2.27. The second-order valence-corrected chi connectivity index (χ2v) is 10.2. The number of benzene rings is 1. The van der Waals surface area contributed by atoms with E-state index in [9.17, 15) is 9.90 Å². The molecule has 0 unspecified atom stereocenters. The van der Waals surface area contributed by atoms with Crippen molar-refractivity contribution in [3.63, 3.8) is 0 Å². The van der Waals surface area contributed by atoms with Crippen molar-refractivity contribution >= 4 is 38.7 Å². The third-order valence-corrected chi connectivity index (χ3v) is 6.73. The van der Waals surface area contributed by atoms with E-state index in [1.807, 2.05) is 16.8 Å². The van der Waals surface area contributed by atoms with E-state index in [1.165, 1.54) is 4.90 Å². The Morgan fingerprint density at radius 3 is 2.40 bits per heavy atom. The summed E-state index contributed by atoms with van der Waals surface area (Å²) >= 11 is 3.75. The average Bonchev–Trinajstić information content (AvgIpc) is 3.44. The fourth-order valence-electron chi connectivity index (χ4n) is 4.20. The van der Waals surface area contributed by atoms with Crippen LogP contribution in [0.15, 0.2) is 22.7 Å². The van der Waals surface area contributed by atoms with Crippen LogP contribution in [0.25, 0.3) is 10.9 Å². The lowest BCUT2D eigenvalue weighted by atomic mass is 9.91. The zero-order chi connectivity index (χ0) is 25.5. The molecule has 0 bridgehead atoms. The molecule has 0 saturated carbocycles. The van der Waals surface area contributed by atoms with E-state index in [1.54, 1.807) is 20.3 Å². The Kier molecular flexibility index (Phi) is 6.56. The molecular weight excluding hydrogens is 514 g/mol. The number of carboxylic acid groups (broad SMARTS) is 1. The van der Waals surface area contributed by atoms with Gasteiger partial charge in [0.05, 0.1) is 41.3 Å². The summed E-state index contributed by atoms with van der Waals surface area (Å²) in [6, 6.07) is 5.25. The van der Waals surface area contributed by atoms with E-state index in [0.717, 1.165) is 15.7 Å². The number of nitrogens with zero attached hydrogens (tertiary/aromatic N) is 4. The Morgan fingerprint density at radius 1 is 1.20 bits per heavy atom. The second-order valence-electron chi connectivity index (χ2n) is 9.45. The molecule has 1 fully saturated rings. The molecule has 0 spiro atoms. The third-order valence-electron chi connectivity index (χ3n) is 5.98. The van der Waals surface area contributed by atoms with E-state index >= 15 is 0 Å². The minimum absolute atomic E-state index is 0.146. The molecule has 4 rings (SSSR count). The minimum Gasteiger partial charge on any atom is -0.497 e. The van der Waals surface area contributed by atoms with Gasteiger partial charge < -0.3 is 25.2 Å². The van der Waals surface area contributed by atoms with Gasteiger partial charge in [-0.1, -0.05) is 26.7 Å². The Hall–Kier alpha value is -3.45. The molecule has 3 N–H and O–H groups in total. The van der Waals surface area contributed by atoms with Crippen LogP contribution in [0.3, 0.4) is 0 Å². The van der Waals surface area contributed by atoms with Gasteiger partial charge in [-0.05, 0) is 40.4 Å². The number of aromatic nitrogens is 3. The van der Waals surface area contributed by atoms with Crippen LogP contribution in [0.2, 0.25) is 0 Å². The highest BCUT2D eigenvalue weighted by molar-refractivity contribution is 9.10. The first-order chi connectivity index (χ1) is 16.5. The molecule has 9 nitrogen and oxygen atoms in total. The summed E-state index contributed by atoms with van der Waals surface area (Å²) in [7, 11) is 3.17. The summed E-state index contributed by atoms with van der Waals surface area (Å²) in [5.41, 5.74) is 8.94. The highest BCUT2D eigenvalue weighted by Crippen LogP contribution is 2.39. The summed E-state index contributed by atoms with van der Waals surface area (Å²) in [5, 5.41) is 14.9. The Bertz CT molecular complexity index is 1340. The van der Waals surface area contributed by atoms with Crippen LogP contribution >= 0.6 is 15.9 Å². The molecule has 1 aliphatic rings. The van der Waals surface area contributed by atoms with Crippen LogP contribution in [-0.4, -0.2) is 58.2 Å². The number of amides is 1. The van der Waals surface area contributed by atoms with Crippen molar-refractivity contribution in [2.45, 2.75) is 38.6 Å². The predicted octanol–water partition coefficient (Wildman–Crippen LogP) is 4.42. The van der Waals surface area contributed by atoms with Crippen LogP contribution in [0, 0.1) is 11.8 Å². The molecule has 1 aliphatic heterocycles. The highest BCUT2D eigenvalue weighted by atomic mass is 79.9. The highest BCUT2D eigenvalue weighted by Gasteiger charge is 2.32. The van der Waals surface area contributed by atoms with Gasteiger partial charge in [-0.3, -0.25) is 4.68 Å². The van der Waals surface area contributed by atoms with Crippen molar-refractivity contribution < 1.29 is 19.4 Å². The van der Waals surface area contributed by atoms with E-state index in [0.29, 0.717) is 53.5 Å². The smallest absolute Gasteiger partial charge is 0.407 e. The monoisotopic (exact) mass is 541 g/mol. The first-order valence-corrected chi connectivity index (χ1v) is 11.9. The molecule has 1 aromatic carbocycles. The number of carbonyl (C=O) groups is 1. The van der Waals surface area contributed by atoms with Gasteiger partial charge >= 0.3 is 6.09 Å². The maximum atomic E-state index is 11.5. The fraction of sp³-hybridized carbons (Fsp3) is 0.400. The number of nitrogens with two attached hydrogens (primary N) is 1. The summed E-state index contributed by atoms with van der Waals surface area (Å²) in [5.74, 6) is 7.87. The number of nitrogen functional groups attached to an aromatic ring is 1. The first kappa shape index (κ1) is 24.7. The number of likely N-dealkylation sites (tertiary alicyclic amines) is 1. The van der Waals surface area contributed by atoms with Crippen molar-refractivity contribution in [1.82, 2.24) is 19.7 Å². The van der Waals surface area contributed by atoms with Crippen molar-refractivity contribution in [1.29, 1.82) is 0 Å². The molecule has 3 heterocycles. The number of hydrogen-bond donors (Lipinski definition) is 2. The summed E-state index contributed by atoms with van der Waals surface area (Å²) < 4.78 is 13.3. The third kappa shape index (κ3) is 4.73. The quantitative estimate of drug-likeness (QED) is 0.471. The van der Waals surface area contributed by atoms with Crippen LogP contribution in [0.5, 0.6) is 11.5 Å². The molecule has 1 atom stereocenters. The van der Waals surface area contributed by atoms with E-state index in [4.69, 9.17) is 25.3 Å². The number of halogens is 1. The van der Waals surface area contributed by atoms with Crippen LogP contribution in [0.4, 0.5) is 10.6 Å². The molecule has 10 heteroatoms.